The van der Waals surface area contributed by atoms with Crippen LogP contribution in [0.2, 0.25) is 0 Å². The third-order valence-electron chi connectivity index (χ3n) is 6.05. The van der Waals surface area contributed by atoms with Crippen LogP contribution in [0.25, 0.3) is 0 Å². The Kier molecular flexibility index (Phi) is 6.68. The Balaban J connectivity index is 1.35. The fraction of sp³-hybridized carbons (Fsp3) is 0.409. The Morgan fingerprint density at radius 1 is 1.21 bits per heavy atom. The molecular formula is C22H32N10O. The highest BCUT2D eigenvalue weighted by Crippen LogP contribution is 2.30. The fourth-order valence-electron chi connectivity index (χ4n) is 4.27. The number of likely N-dealkylation sites (tertiary alicyclic amines) is 1. The van der Waals surface area contributed by atoms with Gasteiger partial charge in [-0.3, -0.25) is 15.3 Å². The van der Waals surface area contributed by atoms with Crippen LogP contribution in [0, 0.1) is 11.3 Å². The summed E-state index contributed by atoms with van der Waals surface area (Å²) in [4.78, 5) is 20.2. The van der Waals surface area contributed by atoms with Crippen molar-refractivity contribution in [3.05, 3.63) is 53.4 Å². The molecule has 0 spiro atoms. The summed E-state index contributed by atoms with van der Waals surface area (Å²) in [6.45, 7) is 3.64. The summed E-state index contributed by atoms with van der Waals surface area (Å²) in [7, 11) is 0. The number of carbonyl (C=O) groups excluding carboxylic acids is 1. The molecule has 2 amide bonds. The molecule has 2 unspecified atom stereocenters. The van der Waals surface area contributed by atoms with Crippen LogP contribution in [-0.4, -0.2) is 55.2 Å². The molecule has 33 heavy (non-hydrogen) atoms. The van der Waals surface area contributed by atoms with E-state index in [1.165, 1.54) is 0 Å². The van der Waals surface area contributed by atoms with Crippen molar-refractivity contribution in [1.29, 1.82) is 5.41 Å². The van der Waals surface area contributed by atoms with Crippen molar-refractivity contribution >= 4 is 23.6 Å². The van der Waals surface area contributed by atoms with E-state index >= 15 is 0 Å². The van der Waals surface area contributed by atoms with Crippen LogP contribution < -0.4 is 38.1 Å². The first-order chi connectivity index (χ1) is 15.9. The second-order valence-corrected chi connectivity index (χ2v) is 8.45. The number of hydrogen-bond acceptors (Lipinski definition) is 5. The molecule has 0 aliphatic carbocycles. The van der Waals surface area contributed by atoms with Crippen molar-refractivity contribution in [2.75, 3.05) is 31.1 Å². The lowest BCUT2D eigenvalue weighted by Gasteiger charge is -2.29. The zero-order valence-electron chi connectivity index (χ0n) is 18.6. The van der Waals surface area contributed by atoms with Gasteiger partial charge in [0.2, 0.25) is 0 Å². The van der Waals surface area contributed by atoms with Crippen LogP contribution in [0.3, 0.4) is 0 Å². The minimum absolute atomic E-state index is 0.108. The Hall–Kier alpha value is -3.73. The maximum absolute atomic E-state index is 12.7. The average Bonchev–Trinajstić information content (AvgIpc) is 3.43. The van der Waals surface area contributed by atoms with Gasteiger partial charge in [-0.2, -0.15) is 0 Å². The summed E-state index contributed by atoms with van der Waals surface area (Å²) in [6, 6.07) is 7.75. The minimum Gasteiger partial charge on any atom is -0.370 e. The van der Waals surface area contributed by atoms with E-state index in [2.05, 4.69) is 27.0 Å². The number of carbonyl (C=O) groups is 1. The number of nitrogens with zero attached hydrogens (tertiary/aromatic N) is 3. The van der Waals surface area contributed by atoms with Gasteiger partial charge in [0.25, 0.3) is 0 Å². The number of guanidine groups is 2. The number of nitrogens with two attached hydrogens (primary N) is 3. The number of aliphatic imine (C=N–C) groups is 1. The number of hydrogen-bond donors (Lipinski definition) is 7. The molecule has 2 atom stereocenters. The summed E-state index contributed by atoms with van der Waals surface area (Å²) in [5, 5.41) is 17.4. The van der Waals surface area contributed by atoms with Gasteiger partial charge in [0, 0.05) is 49.6 Å². The van der Waals surface area contributed by atoms with Crippen molar-refractivity contribution in [2.24, 2.45) is 28.1 Å². The Labute approximate surface area is 193 Å². The maximum atomic E-state index is 12.7. The minimum atomic E-state index is -0.224. The summed E-state index contributed by atoms with van der Waals surface area (Å²) < 4.78 is 0. The molecule has 1 saturated heterocycles. The van der Waals surface area contributed by atoms with Gasteiger partial charge in [-0.1, -0.05) is 12.1 Å². The number of urea groups is 1. The van der Waals surface area contributed by atoms with Gasteiger partial charge in [-0.25, -0.2) is 4.79 Å². The van der Waals surface area contributed by atoms with Gasteiger partial charge in [-0.05, 0) is 43.2 Å². The number of benzene rings is 1. The Morgan fingerprint density at radius 3 is 2.70 bits per heavy atom. The van der Waals surface area contributed by atoms with E-state index in [0.717, 1.165) is 61.5 Å². The first-order valence-electron chi connectivity index (χ1n) is 11.1. The molecule has 0 radical (unpaired) electrons. The topological polar surface area (TPSA) is 174 Å². The van der Waals surface area contributed by atoms with Crippen molar-refractivity contribution in [3.8, 4) is 0 Å². The molecule has 1 fully saturated rings. The summed E-state index contributed by atoms with van der Waals surface area (Å²) in [6.07, 6.45) is 5.55. The standard InChI is InChI=1S/C22H32N10O/c23-20(24)28-8-1-7-27-11-14-2-4-17(5-3-14)32-13-16-10-18(29-19(16)30-22(32)33)15-6-9-31(12-15)21(25)26/h2-5,10,13,15,19,27,29H,1,6-9,11-12H2,(H3,25,26)(H,30,33)(H4,23,24,28). The van der Waals surface area contributed by atoms with Crippen LogP contribution in [0.15, 0.2) is 52.8 Å². The van der Waals surface area contributed by atoms with E-state index in [1.54, 1.807) is 4.90 Å². The van der Waals surface area contributed by atoms with Crippen LogP contribution in [0.1, 0.15) is 18.4 Å². The highest BCUT2D eigenvalue weighted by atomic mass is 16.2. The summed E-state index contributed by atoms with van der Waals surface area (Å²) in [5.74, 6) is 0.501. The number of fused-ring (bicyclic) bond motifs is 1. The smallest absolute Gasteiger partial charge is 0.327 e. The Bertz CT molecular complexity index is 979. The van der Waals surface area contributed by atoms with Gasteiger partial charge in [0.15, 0.2) is 11.9 Å². The monoisotopic (exact) mass is 452 g/mol. The molecule has 4 rings (SSSR count). The second kappa shape index (κ2) is 9.82. The lowest BCUT2D eigenvalue weighted by molar-refractivity contribution is 0.243. The third-order valence-corrected chi connectivity index (χ3v) is 6.05. The SMILES string of the molecule is N=C(N)N1CCC(C2=CC3=CN(c4ccc(CNCCCN=C(N)N)cc4)C(=O)NC3N2)C1. The number of amides is 2. The van der Waals surface area contributed by atoms with Gasteiger partial charge in [0.05, 0.1) is 5.69 Å². The van der Waals surface area contributed by atoms with E-state index in [4.69, 9.17) is 22.6 Å². The molecule has 0 bridgehead atoms. The average molecular weight is 453 g/mol. The molecule has 3 heterocycles. The molecule has 11 nitrogen and oxygen atoms in total. The molecule has 0 saturated carbocycles. The van der Waals surface area contributed by atoms with Crippen LogP contribution in [-0.2, 0) is 6.54 Å². The summed E-state index contributed by atoms with van der Waals surface area (Å²) >= 11 is 0. The van der Waals surface area contributed by atoms with E-state index in [9.17, 15) is 4.79 Å². The highest BCUT2D eigenvalue weighted by Gasteiger charge is 2.35. The zero-order valence-corrected chi connectivity index (χ0v) is 18.6. The first kappa shape index (κ1) is 22.5. The molecule has 3 aliphatic rings. The molecule has 176 valence electrons. The molecule has 3 aliphatic heterocycles. The molecule has 10 N–H and O–H groups in total. The molecule has 1 aromatic rings. The zero-order chi connectivity index (χ0) is 23.4. The van der Waals surface area contributed by atoms with E-state index in [0.29, 0.717) is 6.54 Å². The molecule has 0 aromatic heterocycles. The lowest BCUT2D eigenvalue weighted by Crippen LogP contribution is -2.52. The van der Waals surface area contributed by atoms with E-state index in [-0.39, 0.29) is 30.0 Å². The second-order valence-electron chi connectivity index (χ2n) is 8.45. The fourth-order valence-corrected chi connectivity index (χ4v) is 4.27. The molecule has 1 aromatic carbocycles. The van der Waals surface area contributed by atoms with Crippen LogP contribution in [0.5, 0.6) is 0 Å². The van der Waals surface area contributed by atoms with Crippen LogP contribution in [0.4, 0.5) is 10.5 Å². The number of anilines is 1. The van der Waals surface area contributed by atoms with E-state index in [1.807, 2.05) is 35.4 Å². The van der Waals surface area contributed by atoms with Gasteiger partial charge in [-0.15, -0.1) is 0 Å². The quantitative estimate of drug-likeness (QED) is 0.163. The van der Waals surface area contributed by atoms with Crippen molar-refractivity contribution in [2.45, 2.75) is 25.6 Å². The normalized spacial score (nSPS) is 21.6. The highest BCUT2D eigenvalue weighted by molar-refractivity contribution is 5.96. The largest absolute Gasteiger partial charge is 0.370 e. The van der Waals surface area contributed by atoms with E-state index < -0.39 is 0 Å². The lowest BCUT2D eigenvalue weighted by atomic mass is 10.0. The Morgan fingerprint density at radius 2 is 2.00 bits per heavy atom. The maximum Gasteiger partial charge on any atom is 0.327 e. The van der Waals surface area contributed by atoms with Crippen molar-refractivity contribution < 1.29 is 4.79 Å². The molecular weight excluding hydrogens is 420 g/mol. The molecule has 11 heteroatoms. The van der Waals surface area contributed by atoms with Crippen molar-refractivity contribution in [3.63, 3.8) is 0 Å². The summed E-state index contributed by atoms with van der Waals surface area (Å²) in [5.41, 5.74) is 20.3. The number of nitrogens with one attached hydrogen (secondary N) is 4. The third kappa shape index (κ3) is 5.37. The van der Waals surface area contributed by atoms with Gasteiger partial charge >= 0.3 is 6.03 Å². The van der Waals surface area contributed by atoms with Gasteiger partial charge < -0.3 is 38.1 Å². The number of rotatable bonds is 8. The predicted molar refractivity (Wildman–Crippen MR) is 129 cm³/mol. The first-order valence-corrected chi connectivity index (χ1v) is 11.1. The van der Waals surface area contributed by atoms with Crippen LogP contribution >= 0.6 is 0 Å². The van der Waals surface area contributed by atoms with Gasteiger partial charge in [0.1, 0.15) is 6.17 Å². The predicted octanol–water partition coefficient (Wildman–Crippen LogP) is -0.118. The van der Waals surface area contributed by atoms with Crippen molar-refractivity contribution in [1.82, 2.24) is 20.9 Å².